The van der Waals surface area contributed by atoms with Gasteiger partial charge in [0.25, 0.3) is 0 Å². The van der Waals surface area contributed by atoms with Gasteiger partial charge in [-0.15, -0.1) is 0 Å². The van der Waals surface area contributed by atoms with E-state index in [9.17, 15) is 4.79 Å². The molecule has 1 N–H and O–H groups in total. The van der Waals surface area contributed by atoms with Crippen LogP contribution in [0.15, 0.2) is 0 Å². The van der Waals surface area contributed by atoms with Gasteiger partial charge in [-0.05, 0) is 17.3 Å². The molecule has 0 atom stereocenters. The van der Waals surface area contributed by atoms with E-state index in [-0.39, 0.29) is 17.3 Å². The minimum absolute atomic E-state index is 0.0919. The van der Waals surface area contributed by atoms with Crippen molar-refractivity contribution in [2.24, 2.45) is 10.8 Å². The van der Waals surface area contributed by atoms with Gasteiger partial charge in [0.05, 0.1) is 6.42 Å². The lowest BCUT2D eigenvalue weighted by Gasteiger charge is -2.33. The Balaban J connectivity index is 4.24. The van der Waals surface area contributed by atoms with Crippen molar-refractivity contribution in [3.05, 3.63) is 0 Å². The van der Waals surface area contributed by atoms with E-state index in [1.807, 2.05) is 13.8 Å². The summed E-state index contributed by atoms with van der Waals surface area (Å²) in [6.45, 7) is 10.6. The van der Waals surface area contributed by atoms with Crippen LogP contribution in [0, 0.1) is 10.8 Å². The Morgan fingerprint density at radius 3 is 1.92 bits per heavy atom. The second-order valence-electron chi connectivity index (χ2n) is 5.43. The normalized spacial score (nSPS) is 13.0. The predicted octanol–water partition coefficient (Wildman–Crippen LogP) is 3.31. The van der Waals surface area contributed by atoms with Gasteiger partial charge in [0.15, 0.2) is 0 Å². The molecule has 0 saturated carbocycles. The highest BCUT2D eigenvalue weighted by molar-refractivity contribution is 5.67. The highest BCUT2D eigenvalue weighted by Crippen LogP contribution is 2.37. The van der Waals surface area contributed by atoms with Crippen molar-refractivity contribution < 1.29 is 9.90 Å². The summed E-state index contributed by atoms with van der Waals surface area (Å²) >= 11 is 0. The van der Waals surface area contributed by atoms with Crippen LogP contribution in [-0.2, 0) is 4.79 Å². The summed E-state index contributed by atoms with van der Waals surface area (Å²) in [4.78, 5) is 10.6. The molecule has 2 nitrogen and oxygen atoms in total. The van der Waals surface area contributed by atoms with Crippen molar-refractivity contribution in [3.8, 4) is 0 Å². The SMILES string of the molecule is CCC(C)(C)CC(C)(C)CC(=O)O. The Bertz CT molecular complexity index is 181. The lowest BCUT2D eigenvalue weighted by Crippen LogP contribution is -2.25. The fraction of sp³-hybridized carbons (Fsp3) is 0.909. The number of carboxylic acid groups (broad SMARTS) is 1. The largest absolute Gasteiger partial charge is 0.481 e. The van der Waals surface area contributed by atoms with Crippen LogP contribution in [0.1, 0.15) is 53.9 Å². The molecule has 0 aromatic carbocycles. The quantitative estimate of drug-likeness (QED) is 0.715. The fourth-order valence-corrected chi connectivity index (χ4v) is 1.89. The van der Waals surface area contributed by atoms with Crippen LogP contribution in [0.5, 0.6) is 0 Å². The van der Waals surface area contributed by atoms with E-state index in [0.29, 0.717) is 0 Å². The summed E-state index contributed by atoms with van der Waals surface area (Å²) in [5.41, 5.74) is 0.157. The maximum atomic E-state index is 10.6. The summed E-state index contributed by atoms with van der Waals surface area (Å²) in [5, 5.41) is 8.72. The van der Waals surface area contributed by atoms with Crippen molar-refractivity contribution in [2.75, 3.05) is 0 Å². The molecule has 78 valence electrons. The zero-order chi connectivity index (χ0) is 10.7. The molecule has 2 heteroatoms. The average molecular weight is 186 g/mol. The fourth-order valence-electron chi connectivity index (χ4n) is 1.89. The highest BCUT2D eigenvalue weighted by Gasteiger charge is 2.29. The number of carbonyl (C=O) groups is 1. The lowest BCUT2D eigenvalue weighted by molar-refractivity contribution is -0.139. The van der Waals surface area contributed by atoms with E-state index in [2.05, 4.69) is 20.8 Å². The molecule has 13 heavy (non-hydrogen) atoms. The van der Waals surface area contributed by atoms with Crippen LogP contribution in [0.4, 0.5) is 0 Å². The molecule has 0 aromatic heterocycles. The Labute approximate surface area is 81.3 Å². The predicted molar refractivity (Wildman–Crippen MR) is 54.7 cm³/mol. The molecule has 0 amide bonds. The minimum atomic E-state index is -0.697. The van der Waals surface area contributed by atoms with Crippen molar-refractivity contribution in [1.29, 1.82) is 0 Å². The summed E-state index contributed by atoms with van der Waals surface area (Å²) in [6.07, 6.45) is 2.31. The Morgan fingerprint density at radius 2 is 1.62 bits per heavy atom. The van der Waals surface area contributed by atoms with Gasteiger partial charge >= 0.3 is 5.97 Å². The molecular weight excluding hydrogens is 164 g/mol. The van der Waals surface area contributed by atoms with Crippen LogP contribution < -0.4 is 0 Å². The summed E-state index contributed by atoms with van der Waals surface area (Å²) in [6, 6.07) is 0. The van der Waals surface area contributed by atoms with E-state index < -0.39 is 5.97 Å². The van der Waals surface area contributed by atoms with E-state index in [1.165, 1.54) is 0 Å². The van der Waals surface area contributed by atoms with Gasteiger partial charge in [-0.1, -0.05) is 41.0 Å². The standard InChI is InChI=1S/C11H22O2/c1-6-10(2,3)8-11(4,5)7-9(12)13/h6-8H2,1-5H3,(H,12,13). The number of hydrogen-bond donors (Lipinski definition) is 1. The zero-order valence-electron chi connectivity index (χ0n) is 9.48. The number of rotatable bonds is 5. The summed E-state index contributed by atoms with van der Waals surface area (Å²) in [7, 11) is 0. The molecule has 0 spiro atoms. The first-order valence-electron chi connectivity index (χ1n) is 4.90. The highest BCUT2D eigenvalue weighted by atomic mass is 16.4. The summed E-state index contributed by atoms with van der Waals surface area (Å²) < 4.78 is 0. The molecule has 0 aromatic rings. The van der Waals surface area contributed by atoms with Crippen molar-refractivity contribution in [2.45, 2.75) is 53.9 Å². The smallest absolute Gasteiger partial charge is 0.303 e. The minimum Gasteiger partial charge on any atom is -0.481 e. The molecule has 0 radical (unpaired) electrons. The Hall–Kier alpha value is -0.530. The monoisotopic (exact) mass is 186 g/mol. The topological polar surface area (TPSA) is 37.3 Å². The third-order valence-electron chi connectivity index (χ3n) is 2.54. The Morgan fingerprint density at radius 1 is 1.15 bits per heavy atom. The first-order valence-corrected chi connectivity index (χ1v) is 4.90. The average Bonchev–Trinajstić information content (AvgIpc) is 1.81. The zero-order valence-corrected chi connectivity index (χ0v) is 9.48. The van der Waals surface area contributed by atoms with E-state index >= 15 is 0 Å². The van der Waals surface area contributed by atoms with Gasteiger partial charge in [-0.25, -0.2) is 0 Å². The molecule has 0 aliphatic carbocycles. The maximum absolute atomic E-state index is 10.6. The molecule has 0 aliphatic heterocycles. The molecule has 0 heterocycles. The molecule has 0 bridgehead atoms. The first kappa shape index (κ1) is 12.5. The van der Waals surface area contributed by atoms with E-state index in [4.69, 9.17) is 5.11 Å². The van der Waals surface area contributed by atoms with Crippen molar-refractivity contribution >= 4 is 5.97 Å². The second-order valence-corrected chi connectivity index (χ2v) is 5.43. The van der Waals surface area contributed by atoms with Crippen molar-refractivity contribution in [1.82, 2.24) is 0 Å². The van der Waals surface area contributed by atoms with Gasteiger partial charge in [-0.2, -0.15) is 0 Å². The molecule has 0 unspecified atom stereocenters. The van der Waals surface area contributed by atoms with Gasteiger partial charge in [-0.3, -0.25) is 4.79 Å². The van der Waals surface area contributed by atoms with Gasteiger partial charge < -0.3 is 5.11 Å². The van der Waals surface area contributed by atoms with Crippen LogP contribution in [0.3, 0.4) is 0 Å². The second kappa shape index (κ2) is 4.12. The summed E-state index contributed by atoms with van der Waals surface area (Å²) in [5.74, 6) is -0.697. The van der Waals surface area contributed by atoms with Crippen LogP contribution in [0.2, 0.25) is 0 Å². The Kier molecular flexibility index (Phi) is 3.95. The van der Waals surface area contributed by atoms with Crippen LogP contribution >= 0.6 is 0 Å². The van der Waals surface area contributed by atoms with Crippen LogP contribution in [-0.4, -0.2) is 11.1 Å². The molecular formula is C11H22O2. The maximum Gasteiger partial charge on any atom is 0.303 e. The van der Waals surface area contributed by atoms with Gasteiger partial charge in [0, 0.05) is 0 Å². The molecule has 0 fully saturated rings. The number of hydrogen-bond acceptors (Lipinski definition) is 1. The molecule has 0 saturated heterocycles. The number of carboxylic acids is 1. The molecule has 0 aliphatic rings. The van der Waals surface area contributed by atoms with E-state index in [1.54, 1.807) is 0 Å². The third kappa shape index (κ3) is 5.67. The lowest BCUT2D eigenvalue weighted by atomic mass is 9.72. The van der Waals surface area contributed by atoms with E-state index in [0.717, 1.165) is 12.8 Å². The van der Waals surface area contributed by atoms with Crippen LogP contribution in [0.25, 0.3) is 0 Å². The first-order chi connectivity index (χ1) is 5.68. The number of aliphatic carboxylic acids is 1. The molecule has 0 rings (SSSR count). The van der Waals surface area contributed by atoms with Gasteiger partial charge in [0.2, 0.25) is 0 Å². The van der Waals surface area contributed by atoms with Crippen molar-refractivity contribution in [3.63, 3.8) is 0 Å². The third-order valence-corrected chi connectivity index (χ3v) is 2.54. The van der Waals surface area contributed by atoms with Gasteiger partial charge in [0.1, 0.15) is 0 Å².